The summed E-state index contributed by atoms with van der Waals surface area (Å²) in [7, 11) is 1.65. The van der Waals surface area contributed by atoms with Gasteiger partial charge < -0.3 is 15.0 Å². The Bertz CT molecular complexity index is 441. The minimum absolute atomic E-state index is 0.430. The number of likely N-dealkylation sites (tertiary alicyclic amines) is 1. The molecule has 0 spiro atoms. The summed E-state index contributed by atoms with van der Waals surface area (Å²) in [6, 6.07) is 10.2. The van der Waals surface area contributed by atoms with Gasteiger partial charge in [0.1, 0.15) is 11.3 Å². The fourth-order valence-electron chi connectivity index (χ4n) is 2.47. The summed E-state index contributed by atoms with van der Waals surface area (Å²) in [4.78, 5) is 2.38. The van der Waals surface area contributed by atoms with Crippen molar-refractivity contribution in [3.63, 3.8) is 0 Å². The number of nitriles is 1. The van der Waals surface area contributed by atoms with E-state index in [1.165, 1.54) is 0 Å². The van der Waals surface area contributed by atoms with Crippen molar-refractivity contribution in [2.24, 2.45) is 0 Å². The summed E-state index contributed by atoms with van der Waals surface area (Å²) in [6.07, 6.45) is 1.73. The maximum absolute atomic E-state index is 9.51. The highest BCUT2D eigenvalue weighted by Gasteiger charge is 2.34. The molecule has 1 aliphatic rings. The quantitative estimate of drug-likeness (QED) is 0.902. The van der Waals surface area contributed by atoms with E-state index in [1.54, 1.807) is 7.11 Å². The third-order valence-corrected chi connectivity index (χ3v) is 3.84. The van der Waals surface area contributed by atoms with Gasteiger partial charge in [0.25, 0.3) is 0 Å². The van der Waals surface area contributed by atoms with E-state index in [9.17, 15) is 5.26 Å². The number of piperidine rings is 1. The molecular formula is C15H21N3O. The van der Waals surface area contributed by atoms with Gasteiger partial charge in [-0.1, -0.05) is 6.92 Å². The number of nitrogens with zero attached hydrogens (tertiary/aromatic N) is 2. The first-order chi connectivity index (χ1) is 9.21. The van der Waals surface area contributed by atoms with E-state index in [2.05, 4.69) is 23.2 Å². The average molecular weight is 259 g/mol. The van der Waals surface area contributed by atoms with Gasteiger partial charge in [0.2, 0.25) is 0 Å². The maximum Gasteiger partial charge on any atom is 0.127 e. The summed E-state index contributed by atoms with van der Waals surface area (Å²) >= 11 is 0. The predicted octanol–water partition coefficient (Wildman–Crippen LogP) is 2.49. The fraction of sp³-hybridized carbons (Fsp3) is 0.533. The second kappa shape index (κ2) is 5.94. The molecule has 4 nitrogen and oxygen atoms in total. The van der Waals surface area contributed by atoms with Crippen LogP contribution in [0.4, 0.5) is 5.69 Å². The Morgan fingerprint density at radius 1 is 1.32 bits per heavy atom. The van der Waals surface area contributed by atoms with Crippen LogP contribution in [0.15, 0.2) is 24.3 Å². The molecule has 0 amide bonds. The highest BCUT2D eigenvalue weighted by molar-refractivity contribution is 5.50. The normalized spacial score (nSPS) is 18.6. The monoisotopic (exact) mass is 259 g/mol. The lowest BCUT2D eigenvalue weighted by Gasteiger charge is -2.37. The molecule has 0 aliphatic carbocycles. The average Bonchev–Trinajstić information content (AvgIpc) is 2.49. The van der Waals surface area contributed by atoms with Crippen molar-refractivity contribution < 1.29 is 4.74 Å². The van der Waals surface area contributed by atoms with Crippen LogP contribution in [0, 0.1) is 11.3 Å². The number of hydrogen-bond donors (Lipinski definition) is 1. The van der Waals surface area contributed by atoms with E-state index in [0.29, 0.717) is 0 Å². The number of benzene rings is 1. The van der Waals surface area contributed by atoms with E-state index >= 15 is 0 Å². The van der Waals surface area contributed by atoms with Crippen LogP contribution in [0.1, 0.15) is 19.8 Å². The number of rotatable bonds is 4. The van der Waals surface area contributed by atoms with Crippen molar-refractivity contribution in [2.75, 3.05) is 32.1 Å². The Morgan fingerprint density at radius 3 is 2.42 bits per heavy atom. The summed E-state index contributed by atoms with van der Waals surface area (Å²) in [5.74, 6) is 0.831. The van der Waals surface area contributed by atoms with Crippen LogP contribution in [0.5, 0.6) is 5.75 Å². The number of nitrogens with one attached hydrogen (secondary N) is 1. The van der Waals surface area contributed by atoms with Crippen molar-refractivity contribution in [3.05, 3.63) is 24.3 Å². The summed E-state index contributed by atoms with van der Waals surface area (Å²) in [5.41, 5.74) is 0.549. The fourth-order valence-corrected chi connectivity index (χ4v) is 2.47. The summed E-state index contributed by atoms with van der Waals surface area (Å²) in [6.45, 7) is 5.18. The molecule has 1 heterocycles. The Kier molecular flexibility index (Phi) is 4.28. The number of hydrogen-bond acceptors (Lipinski definition) is 4. The molecule has 2 rings (SSSR count). The number of methoxy groups -OCH3 is 1. The van der Waals surface area contributed by atoms with Gasteiger partial charge in [0, 0.05) is 18.8 Å². The van der Waals surface area contributed by atoms with Crippen LogP contribution >= 0.6 is 0 Å². The van der Waals surface area contributed by atoms with Gasteiger partial charge >= 0.3 is 0 Å². The maximum atomic E-state index is 9.51. The third kappa shape index (κ3) is 3.18. The zero-order valence-corrected chi connectivity index (χ0v) is 11.6. The van der Waals surface area contributed by atoms with Crippen molar-refractivity contribution in [3.8, 4) is 11.8 Å². The van der Waals surface area contributed by atoms with Crippen molar-refractivity contribution in [1.82, 2.24) is 4.90 Å². The molecule has 1 saturated heterocycles. The molecule has 0 atom stereocenters. The number of ether oxygens (including phenoxy) is 1. The van der Waals surface area contributed by atoms with Gasteiger partial charge in [0.15, 0.2) is 0 Å². The van der Waals surface area contributed by atoms with Crippen LogP contribution < -0.4 is 10.1 Å². The van der Waals surface area contributed by atoms with Gasteiger partial charge in [-0.25, -0.2) is 0 Å². The van der Waals surface area contributed by atoms with E-state index in [-0.39, 0.29) is 0 Å². The Labute approximate surface area is 115 Å². The minimum Gasteiger partial charge on any atom is -0.497 e. The highest BCUT2D eigenvalue weighted by atomic mass is 16.5. The highest BCUT2D eigenvalue weighted by Crippen LogP contribution is 2.27. The molecule has 102 valence electrons. The molecule has 1 N–H and O–H groups in total. The molecule has 0 bridgehead atoms. The second-order valence-electron chi connectivity index (χ2n) is 4.98. The molecule has 19 heavy (non-hydrogen) atoms. The van der Waals surface area contributed by atoms with Gasteiger partial charge in [-0.15, -0.1) is 0 Å². The lowest BCUT2D eigenvalue weighted by Crippen LogP contribution is -2.48. The first-order valence-electron chi connectivity index (χ1n) is 6.77. The largest absolute Gasteiger partial charge is 0.497 e. The van der Waals surface area contributed by atoms with Gasteiger partial charge in [0.05, 0.1) is 13.2 Å². The van der Waals surface area contributed by atoms with Crippen LogP contribution in [-0.2, 0) is 0 Å². The molecule has 0 aromatic heterocycles. The molecule has 4 heteroatoms. The molecule has 0 unspecified atom stereocenters. The SMILES string of the molecule is CCN1CCC(C#N)(Nc2ccc(OC)cc2)CC1. The molecular weight excluding hydrogens is 238 g/mol. The first kappa shape index (κ1) is 13.7. The summed E-state index contributed by atoms with van der Waals surface area (Å²) < 4.78 is 5.14. The van der Waals surface area contributed by atoms with E-state index in [4.69, 9.17) is 4.74 Å². The Morgan fingerprint density at radius 2 is 1.95 bits per heavy atom. The van der Waals surface area contributed by atoms with Crippen LogP contribution in [0.2, 0.25) is 0 Å². The van der Waals surface area contributed by atoms with E-state index in [1.807, 2.05) is 24.3 Å². The lowest BCUT2D eigenvalue weighted by atomic mass is 9.88. The molecule has 1 fully saturated rings. The standard InChI is InChI=1S/C15H21N3O/c1-3-18-10-8-15(12-16,9-11-18)17-13-4-6-14(19-2)7-5-13/h4-7,17H,3,8-11H2,1-2H3. The van der Waals surface area contributed by atoms with E-state index < -0.39 is 5.54 Å². The lowest BCUT2D eigenvalue weighted by molar-refractivity contribution is 0.206. The number of anilines is 1. The molecule has 0 radical (unpaired) electrons. The molecule has 1 aromatic rings. The van der Waals surface area contributed by atoms with Gasteiger partial charge in [-0.3, -0.25) is 0 Å². The first-order valence-corrected chi connectivity index (χ1v) is 6.77. The second-order valence-corrected chi connectivity index (χ2v) is 4.98. The molecule has 1 aliphatic heterocycles. The van der Waals surface area contributed by atoms with Crippen molar-refractivity contribution in [1.29, 1.82) is 5.26 Å². The molecule has 1 aromatic carbocycles. The minimum atomic E-state index is -0.430. The van der Waals surface area contributed by atoms with Crippen LogP contribution in [-0.4, -0.2) is 37.2 Å². The third-order valence-electron chi connectivity index (χ3n) is 3.84. The van der Waals surface area contributed by atoms with Crippen molar-refractivity contribution >= 4 is 5.69 Å². The van der Waals surface area contributed by atoms with E-state index in [0.717, 1.165) is 43.9 Å². The smallest absolute Gasteiger partial charge is 0.127 e. The van der Waals surface area contributed by atoms with Gasteiger partial charge in [-0.2, -0.15) is 5.26 Å². The zero-order chi connectivity index (χ0) is 13.7. The summed E-state index contributed by atoms with van der Waals surface area (Å²) in [5, 5.41) is 12.9. The molecule has 0 saturated carbocycles. The Balaban J connectivity index is 2.04. The topological polar surface area (TPSA) is 48.3 Å². The van der Waals surface area contributed by atoms with Gasteiger partial charge in [-0.05, 0) is 43.7 Å². The van der Waals surface area contributed by atoms with Crippen LogP contribution in [0.25, 0.3) is 0 Å². The zero-order valence-electron chi connectivity index (χ0n) is 11.6. The van der Waals surface area contributed by atoms with Crippen LogP contribution in [0.3, 0.4) is 0 Å². The Hall–Kier alpha value is -1.73. The van der Waals surface area contributed by atoms with Crippen molar-refractivity contribution in [2.45, 2.75) is 25.3 Å². The predicted molar refractivity (Wildman–Crippen MR) is 76.3 cm³/mol.